The van der Waals surface area contributed by atoms with Crippen molar-refractivity contribution in [2.75, 3.05) is 32.9 Å². The van der Waals surface area contributed by atoms with Crippen molar-refractivity contribution < 1.29 is 19.0 Å². The average Bonchev–Trinajstić information content (AvgIpc) is 3.27. The molecule has 0 aromatic heterocycles. The Balaban J connectivity index is 1.54. The van der Waals surface area contributed by atoms with Gasteiger partial charge in [0.15, 0.2) is 11.9 Å². The van der Waals surface area contributed by atoms with Crippen molar-refractivity contribution >= 4 is 23.3 Å². The van der Waals surface area contributed by atoms with Crippen LogP contribution in [0.25, 0.3) is 0 Å². The summed E-state index contributed by atoms with van der Waals surface area (Å²) in [4.78, 5) is 19.4. The van der Waals surface area contributed by atoms with Gasteiger partial charge in [-0.3, -0.25) is 4.99 Å². The van der Waals surface area contributed by atoms with Crippen molar-refractivity contribution in [3.05, 3.63) is 77.1 Å². The van der Waals surface area contributed by atoms with Gasteiger partial charge in [-0.15, -0.1) is 0 Å². The zero-order valence-electron chi connectivity index (χ0n) is 18.1. The molecule has 2 heterocycles. The average molecular weight is 455 g/mol. The number of morpholine rings is 1. The molecule has 2 aromatic rings. The van der Waals surface area contributed by atoms with Crippen LogP contribution in [0.15, 0.2) is 66.0 Å². The number of carbonyl (C=O) groups excluding carboxylic acids is 1. The van der Waals surface area contributed by atoms with Gasteiger partial charge in [-0.05, 0) is 43.2 Å². The summed E-state index contributed by atoms with van der Waals surface area (Å²) in [6.45, 7) is 8.90. The van der Waals surface area contributed by atoms with Crippen LogP contribution in [-0.2, 0) is 14.3 Å². The van der Waals surface area contributed by atoms with E-state index in [0.29, 0.717) is 42.9 Å². The number of carbonyl (C=O) groups is 1. The number of nitrogens with zero attached hydrogens (tertiary/aromatic N) is 2. The van der Waals surface area contributed by atoms with Gasteiger partial charge in [0, 0.05) is 24.7 Å². The second-order valence-electron chi connectivity index (χ2n) is 7.73. The Morgan fingerprint density at radius 3 is 2.66 bits per heavy atom. The monoisotopic (exact) mass is 454 g/mol. The van der Waals surface area contributed by atoms with Crippen molar-refractivity contribution in [3.63, 3.8) is 0 Å². The van der Waals surface area contributed by atoms with Crippen molar-refractivity contribution in [2.24, 2.45) is 4.99 Å². The first-order valence-electron chi connectivity index (χ1n) is 10.8. The smallest absolute Gasteiger partial charge is 0.331 e. The predicted octanol–water partition coefficient (Wildman–Crippen LogP) is 4.43. The van der Waals surface area contributed by atoms with Crippen LogP contribution in [0.3, 0.4) is 0 Å². The number of halogens is 1. The molecule has 1 fully saturated rings. The van der Waals surface area contributed by atoms with Crippen LogP contribution >= 0.6 is 11.6 Å². The van der Waals surface area contributed by atoms with Crippen molar-refractivity contribution in [1.29, 1.82) is 0 Å². The molecule has 2 aliphatic rings. The SMILES string of the molecule is C=C(Oc1ccc(C2CC(c3ccccc3)=NC2C(=O)OCC)cc1Cl)N1CCOCC1. The van der Waals surface area contributed by atoms with Gasteiger partial charge in [0.05, 0.1) is 24.8 Å². The summed E-state index contributed by atoms with van der Waals surface area (Å²) in [5, 5.41) is 0.465. The van der Waals surface area contributed by atoms with E-state index in [-0.39, 0.29) is 11.9 Å². The molecule has 2 unspecified atom stereocenters. The van der Waals surface area contributed by atoms with Crippen molar-refractivity contribution in [2.45, 2.75) is 25.3 Å². The third-order valence-corrected chi connectivity index (χ3v) is 6.00. The second-order valence-corrected chi connectivity index (χ2v) is 8.14. The molecule has 0 radical (unpaired) electrons. The highest BCUT2D eigenvalue weighted by atomic mass is 35.5. The predicted molar refractivity (Wildman–Crippen MR) is 124 cm³/mol. The molecular weight excluding hydrogens is 428 g/mol. The molecule has 2 atom stereocenters. The van der Waals surface area contributed by atoms with Gasteiger partial charge in [-0.2, -0.15) is 0 Å². The van der Waals surface area contributed by atoms with Crippen LogP contribution in [0.4, 0.5) is 0 Å². The Morgan fingerprint density at radius 2 is 1.97 bits per heavy atom. The molecule has 1 saturated heterocycles. The van der Waals surface area contributed by atoms with Gasteiger partial charge in [-0.1, -0.05) is 48.0 Å². The topological polar surface area (TPSA) is 60.4 Å². The van der Waals surface area contributed by atoms with E-state index in [1.54, 1.807) is 6.92 Å². The Labute approximate surface area is 193 Å². The first-order chi connectivity index (χ1) is 15.6. The van der Waals surface area contributed by atoms with Gasteiger partial charge in [0.2, 0.25) is 0 Å². The molecule has 6 nitrogen and oxygen atoms in total. The lowest BCUT2D eigenvalue weighted by atomic mass is 9.89. The minimum Gasteiger partial charge on any atom is -0.464 e. The number of rotatable bonds is 7. The summed E-state index contributed by atoms with van der Waals surface area (Å²) in [6.07, 6.45) is 0.629. The molecule has 7 heteroatoms. The fourth-order valence-corrected chi connectivity index (χ4v) is 4.26. The van der Waals surface area contributed by atoms with E-state index in [9.17, 15) is 4.79 Å². The molecule has 0 spiro atoms. The third-order valence-electron chi connectivity index (χ3n) is 5.70. The fourth-order valence-electron chi connectivity index (χ4n) is 4.03. The number of esters is 1. The van der Waals surface area contributed by atoms with Crippen LogP contribution in [0.1, 0.15) is 30.4 Å². The van der Waals surface area contributed by atoms with Crippen LogP contribution in [-0.4, -0.2) is 55.5 Å². The molecule has 0 N–H and O–H groups in total. The highest BCUT2D eigenvalue weighted by Crippen LogP contribution is 2.38. The van der Waals surface area contributed by atoms with Gasteiger partial charge < -0.3 is 19.1 Å². The highest BCUT2D eigenvalue weighted by molar-refractivity contribution is 6.32. The lowest BCUT2D eigenvalue weighted by Crippen LogP contribution is -2.36. The van der Waals surface area contributed by atoms with E-state index in [1.165, 1.54) is 0 Å². The summed E-state index contributed by atoms with van der Waals surface area (Å²) in [6, 6.07) is 14.9. The number of ether oxygens (including phenoxy) is 3. The van der Waals surface area contributed by atoms with Crippen LogP contribution in [0, 0.1) is 0 Å². The fraction of sp³-hybridized carbons (Fsp3) is 0.360. The molecule has 4 rings (SSSR count). The second kappa shape index (κ2) is 10.2. The zero-order valence-corrected chi connectivity index (χ0v) is 18.9. The van der Waals surface area contributed by atoms with Crippen molar-refractivity contribution in [1.82, 2.24) is 4.90 Å². The highest BCUT2D eigenvalue weighted by Gasteiger charge is 2.37. The molecular formula is C25H27ClN2O4. The maximum atomic E-state index is 12.7. The van der Waals surface area contributed by atoms with E-state index < -0.39 is 6.04 Å². The lowest BCUT2D eigenvalue weighted by Gasteiger charge is -2.29. The number of hydrogen-bond donors (Lipinski definition) is 0. The van der Waals surface area contributed by atoms with Gasteiger partial charge in [0.25, 0.3) is 0 Å². The van der Waals surface area contributed by atoms with E-state index in [0.717, 1.165) is 29.9 Å². The van der Waals surface area contributed by atoms with E-state index in [4.69, 9.17) is 30.8 Å². The van der Waals surface area contributed by atoms with E-state index >= 15 is 0 Å². The summed E-state index contributed by atoms with van der Waals surface area (Å²) in [5.74, 6) is 0.600. The molecule has 168 valence electrons. The maximum absolute atomic E-state index is 12.7. The Hall–Kier alpha value is -2.83. The summed E-state index contributed by atoms with van der Waals surface area (Å²) >= 11 is 6.57. The van der Waals surface area contributed by atoms with Crippen LogP contribution in [0.2, 0.25) is 5.02 Å². The van der Waals surface area contributed by atoms with Gasteiger partial charge >= 0.3 is 5.97 Å². The van der Waals surface area contributed by atoms with Crippen molar-refractivity contribution in [3.8, 4) is 5.75 Å². The molecule has 0 saturated carbocycles. The standard InChI is InChI=1S/C25H27ClN2O4/c1-3-31-25(29)24-20(16-22(27-24)18-7-5-4-6-8-18)19-9-10-23(21(26)15-19)32-17(2)28-11-13-30-14-12-28/h4-10,15,20,24H,2-3,11-14,16H2,1H3. The molecule has 2 aromatic carbocycles. The third kappa shape index (κ3) is 4.97. The van der Waals surface area contributed by atoms with E-state index in [2.05, 4.69) is 6.58 Å². The van der Waals surface area contributed by atoms with Crippen LogP contribution in [0.5, 0.6) is 5.75 Å². The van der Waals surface area contributed by atoms with E-state index in [1.807, 2.05) is 53.4 Å². The first-order valence-corrected chi connectivity index (χ1v) is 11.2. The molecule has 0 amide bonds. The van der Waals surface area contributed by atoms with Crippen LogP contribution < -0.4 is 4.74 Å². The lowest BCUT2D eigenvalue weighted by molar-refractivity contribution is -0.144. The summed E-state index contributed by atoms with van der Waals surface area (Å²) < 4.78 is 16.6. The first kappa shape index (κ1) is 22.4. The Bertz CT molecular complexity index is 1000. The number of benzene rings is 2. The number of hydrogen-bond acceptors (Lipinski definition) is 6. The molecule has 32 heavy (non-hydrogen) atoms. The Kier molecular flexibility index (Phi) is 7.12. The Morgan fingerprint density at radius 1 is 1.22 bits per heavy atom. The van der Waals surface area contributed by atoms with Gasteiger partial charge in [0.1, 0.15) is 5.75 Å². The molecule has 0 bridgehead atoms. The van der Waals surface area contributed by atoms with Gasteiger partial charge in [-0.25, -0.2) is 4.79 Å². The normalized spacial score (nSPS) is 20.6. The molecule has 0 aliphatic carbocycles. The minimum absolute atomic E-state index is 0.154. The molecule has 2 aliphatic heterocycles. The maximum Gasteiger partial charge on any atom is 0.331 e. The summed E-state index contributed by atoms with van der Waals surface area (Å²) in [7, 11) is 0. The summed E-state index contributed by atoms with van der Waals surface area (Å²) in [5.41, 5.74) is 2.83. The minimum atomic E-state index is -0.601. The largest absolute Gasteiger partial charge is 0.464 e. The zero-order chi connectivity index (χ0) is 22.5. The number of aliphatic imine (C=N–C) groups is 1. The quantitative estimate of drug-likeness (QED) is 0.457.